The lowest BCUT2D eigenvalue weighted by molar-refractivity contribution is -0.131. The molecule has 1 aromatic rings. The Labute approximate surface area is 128 Å². The molecular weight excluding hydrogens is 262 g/mol. The maximum atomic E-state index is 12.3. The topological polar surface area (TPSA) is 35.6 Å². The fourth-order valence-corrected chi connectivity index (χ4v) is 2.76. The minimum absolute atomic E-state index is 0.177. The molecule has 0 bridgehead atoms. The largest absolute Gasteiger partial charge is 0.340 e. The van der Waals surface area contributed by atoms with Crippen molar-refractivity contribution in [3.63, 3.8) is 0 Å². The molecule has 1 aliphatic rings. The van der Waals surface area contributed by atoms with Gasteiger partial charge < -0.3 is 10.2 Å². The maximum absolute atomic E-state index is 12.3. The molecule has 1 fully saturated rings. The summed E-state index contributed by atoms with van der Waals surface area (Å²) >= 11 is 0. The number of aryl methyl sites for hydroxylation is 1. The summed E-state index contributed by atoms with van der Waals surface area (Å²) in [5.74, 6) is 0.177. The molecule has 1 atom stereocenters. The monoisotopic (exact) mass is 289 g/mol. The second kappa shape index (κ2) is 7.57. The van der Waals surface area contributed by atoms with Crippen LogP contribution < -0.4 is 5.32 Å². The van der Waals surface area contributed by atoms with E-state index in [1.807, 2.05) is 19.0 Å². The van der Waals surface area contributed by atoms with Gasteiger partial charge in [0.05, 0.1) is 6.54 Å². The molecule has 2 rings (SSSR count). The number of carbonyl (C=O) groups excluding carboxylic acids is 1. The summed E-state index contributed by atoms with van der Waals surface area (Å²) in [7, 11) is 3.90. The van der Waals surface area contributed by atoms with Crippen molar-refractivity contribution in [2.75, 3.05) is 33.7 Å². The Morgan fingerprint density at radius 3 is 2.62 bits per heavy atom. The van der Waals surface area contributed by atoms with Crippen LogP contribution in [0.4, 0.5) is 0 Å². The highest BCUT2D eigenvalue weighted by atomic mass is 16.2. The van der Waals surface area contributed by atoms with E-state index in [2.05, 4.69) is 41.4 Å². The number of nitrogens with one attached hydrogen (secondary N) is 1. The number of likely N-dealkylation sites (N-methyl/N-ethyl adjacent to an activating group) is 2. The average Bonchev–Trinajstić information content (AvgIpc) is 2.94. The number of amides is 1. The molecular formula is C17H27N3O. The van der Waals surface area contributed by atoms with Gasteiger partial charge in [0, 0.05) is 26.2 Å². The molecule has 1 aromatic carbocycles. The van der Waals surface area contributed by atoms with Gasteiger partial charge in [-0.05, 0) is 38.9 Å². The third-order valence-electron chi connectivity index (χ3n) is 4.07. The third-order valence-corrected chi connectivity index (χ3v) is 4.07. The van der Waals surface area contributed by atoms with Crippen LogP contribution in [0.1, 0.15) is 24.0 Å². The lowest BCUT2D eigenvalue weighted by Crippen LogP contribution is -2.41. The zero-order valence-corrected chi connectivity index (χ0v) is 13.4. The van der Waals surface area contributed by atoms with Gasteiger partial charge in [-0.25, -0.2) is 0 Å². The van der Waals surface area contributed by atoms with Crippen LogP contribution >= 0.6 is 0 Å². The molecule has 1 aliphatic heterocycles. The van der Waals surface area contributed by atoms with Crippen molar-refractivity contribution >= 4 is 5.91 Å². The Hall–Kier alpha value is -1.39. The van der Waals surface area contributed by atoms with Crippen molar-refractivity contribution in [1.82, 2.24) is 15.1 Å². The van der Waals surface area contributed by atoms with Gasteiger partial charge in [0.25, 0.3) is 0 Å². The zero-order valence-electron chi connectivity index (χ0n) is 13.4. The van der Waals surface area contributed by atoms with E-state index in [4.69, 9.17) is 0 Å². The minimum atomic E-state index is 0.177. The molecule has 21 heavy (non-hydrogen) atoms. The van der Waals surface area contributed by atoms with Gasteiger partial charge in [-0.3, -0.25) is 9.69 Å². The van der Waals surface area contributed by atoms with Crippen LogP contribution in [0.15, 0.2) is 24.3 Å². The van der Waals surface area contributed by atoms with Crippen molar-refractivity contribution in [2.45, 2.75) is 32.4 Å². The Kier molecular flexibility index (Phi) is 5.76. The number of benzene rings is 1. The lowest BCUT2D eigenvalue weighted by Gasteiger charge is -2.24. The minimum Gasteiger partial charge on any atom is -0.340 e. The Bertz CT molecular complexity index is 452. The quantitative estimate of drug-likeness (QED) is 0.865. The average molecular weight is 289 g/mol. The number of nitrogens with zero attached hydrogens (tertiary/aromatic N) is 2. The Morgan fingerprint density at radius 2 is 2.00 bits per heavy atom. The molecule has 0 radical (unpaired) electrons. The van der Waals surface area contributed by atoms with E-state index in [-0.39, 0.29) is 5.91 Å². The highest BCUT2D eigenvalue weighted by Crippen LogP contribution is 2.08. The van der Waals surface area contributed by atoms with Crippen LogP contribution in [0.2, 0.25) is 0 Å². The highest BCUT2D eigenvalue weighted by molar-refractivity contribution is 5.77. The van der Waals surface area contributed by atoms with Crippen LogP contribution in [0, 0.1) is 6.92 Å². The summed E-state index contributed by atoms with van der Waals surface area (Å²) in [6, 6.07) is 8.90. The molecule has 1 heterocycles. The fourth-order valence-electron chi connectivity index (χ4n) is 2.76. The first kappa shape index (κ1) is 16.0. The van der Waals surface area contributed by atoms with Crippen molar-refractivity contribution in [3.05, 3.63) is 35.4 Å². The van der Waals surface area contributed by atoms with Crippen LogP contribution in [-0.2, 0) is 11.3 Å². The third kappa shape index (κ3) is 5.14. The predicted octanol–water partition coefficient (Wildman–Crippen LogP) is 1.64. The molecule has 0 saturated carbocycles. The van der Waals surface area contributed by atoms with E-state index < -0.39 is 0 Å². The summed E-state index contributed by atoms with van der Waals surface area (Å²) in [6.45, 7) is 5.30. The van der Waals surface area contributed by atoms with Gasteiger partial charge in [0.15, 0.2) is 0 Å². The van der Waals surface area contributed by atoms with Gasteiger partial charge >= 0.3 is 0 Å². The van der Waals surface area contributed by atoms with Crippen LogP contribution in [0.5, 0.6) is 0 Å². The van der Waals surface area contributed by atoms with Crippen LogP contribution in [0.3, 0.4) is 0 Å². The predicted molar refractivity (Wildman–Crippen MR) is 86.2 cm³/mol. The van der Waals surface area contributed by atoms with E-state index in [0.717, 1.165) is 13.1 Å². The molecule has 116 valence electrons. The normalized spacial score (nSPS) is 18.2. The summed E-state index contributed by atoms with van der Waals surface area (Å²) < 4.78 is 0. The highest BCUT2D eigenvalue weighted by Gasteiger charge is 2.18. The van der Waals surface area contributed by atoms with Gasteiger partial charge in [-0.1, -0.05) is 29.8 Å². The molecule has 0 aliphatic carbocycles. The molecule has 0 spiro atoms. The standard InChI is InChI=1S/C17H27N3O/c1-14-6-8-15(9-7-14)11-20(3)17(21)13-19(2)12-16-5-4-10-18-16/h6-9,16,18H,4-5,10-13H2,1-3H3. The van der Waals surface area contributed by atoms with Crippen LogP contribution in [0.25, 0.3) is 0 Å². The number of rotatable bonds is 6. The molecule has 0 aromatic heterocycles. The summed E-state index contributed by atoms with van der Waals surface area (Å²) in [5, 5.41) is 3.47. The van der Waals surface area contributed by atoms with Gasteiger partial charge in [-0.15, -0.1) is 0 Å². The lowest BCUT2D eigenvalue weighted by atomic mass is 10.1. The van der Waals surface area contributed by atoms with E-state index in [9.17, 15) is 4.79 Å². The number of hydrogen-bond acceptors (Lipinski definition) is 3. The second-order valence-electron chi connectivity index (χ2n) is 6.23. The summed E-state index contributed by atoms with van der Waals surface area (Å²) in [5.41, 5.74) is 2.42. The first-order valence-electron chi connectivity index (χ1n) is 7.76. The first-order valence-corrected chi connectivity index (χ1v) is 7.76. The first-order chi connectivity index (χ1) is 10.0. The SMILES string of the molecule is Cc1ccc(CN(C)C(=O)CN(C)CC2CCCN2)cc1. The van der Waals surface area contributed by atoms with Gasteiger partial charge in [-0.2, -0.15) is 0 Å². The molecule has 4 nitrogen and oxygen atoms in total. The molecule has 1 N–H and O–H groups in total. The van der Waals surface area contributed by atoms with Gasteiger partial charge in [0.1, 0.15) is 0 Å². The van der Waals surface area contributed by atoms with Crippen LogP contribution in [-0.4, -0.2) is 55.5 Å². The smallest absolute Gasteiger partial charge is 0.236 e. The van der Waals surface area contributed by atoms with Crippen molar-refractivity contribution < 1.29 is 4.79 Å². The molecule has 1 saturated heterocycles. The summed E-state index contributed by atoms with van der Waals surface area (Å²) in [4.78, 5) is 16.2. The summed E-state index contributed by atoms with van der Waals surface area (Å²) in [6.07, 6.45) is 2.47. The van der Waals surface area contributed by atoms with Crippen molar-refractivity contribution in [2.24, 2.45) is 0 Å². The maximum Gasteiger partial charge on any atom is 0.236 e. The Balaban J connectivity index is 1.77. The number of hydrogen-bond donors (Lipinski definition) is 1. The van der Waals surface area contributed by atoms with E-state index >= 15 is 0 Å². The zero-order chi connectivity index (χ0) is 15.2. The van der Waals surface area contributed by atoms with E-state index in [1.165, 1.54) is 24.0 Å². The second-order valence-corrected chi connectivity index (χ2v) is 6.23. The molecule has 1 unspecified atom stereocenters. The fraction of sp³-hybridized carbons (Fsp3) is 0.588. The van der Waals surface area contributed by atoms with Crippen molar-refractivity contribution in [1.29, 1.82) is 0 Å². The molecule has 4 heteroatoms. The molecule has 1 amide bonds. The Morgan fingerprint density at radius 1 is 1.29 bits per heavy atom. The van der Waals surface area contributed by atoms with Gasteiger partial charge in [0.2, 0.25) is 5.91 Å². The van der Waals surface area contributed by atoms with Crippen molar-refractivity contribution in [3.8, 4) is 0 Å². The van der Waals surface area contributed by atoms with E-state index in [1.54, 1.807) is 0 Å². The van der Waals surface area contributed by atoms with E-state index in [0.29, 0.717) is 19.1 Å². The number of carbonyl (C=O) groups is 1.